The number of fused-ring (bicyclic) bond motifs is 4. The molecule has 0 spiro atoms. The molecule has 1 atom stereocenters. The third kappa shape index (κ3) is 2.59. The van der Waals surface area contributed by atoms with E-state index >= 15 is 0 Å². The molecule has 2 aromatic heterocycles. The molecule has 2 aliphatic rings. The first-order valence-corrected chi connectivity index (χ1v) is 8.84. The lowest BCUT2D eigenvalue weighted by atomic mass is 9.94. The Morgan fingerprint density at radius 3 is 2.78 bits per heavy atom. The number of hydrazone groups is 1. The summed E-state index contributed by atoms with van der Waals surface area (Å²) >= 11 is 0. The lowest BCUT2D eigenvalue weighted by molar-refractivity contribution is -0.157. The highest BCUT2D eigenvalue weighted by Crippen LogP contribution is 2.32. The smallest absolute Gasteiger partial charge is 0.266 e. The molecule has 4 heterocycles. The van der Waals surface area contributed by atoms with Gasteiger partial charge in [0.15, 0.2) is 0 Å². The van der Waals surface area contributed by atoms with E-state index in [2.05, 4.69) is 21.1 Å². The molecular formula is C20H17N5O2. The summed E-state index contributed by atoms with van der Waals surface area (Å²) in [4.78, 5) is 34.7. The minimum atomic E-state index is -0.507. The van der Waals surface area contributed by atoms with Crippen molar-refractivity contribution < 1.29 is 9.59 Å². The molecule has 5 rings (SSSR count). The Bertz CT molecular complexity index is 1070. The van der Waals surface area contributed by atoms with Gasteiger partial charge in [-0.3, -0.25) is 14.6 Å². The van der Waals surface area contributed by atoms with Crippen molar-refractivity contribution in [3.63, 3.8) is 0 Å². The number of hydrogen-bond donors (Lipinski definition) is 1. The molecule has 2 amide bonds. The van der Waals surface area contributed by atoms with Crippen LogP contribution in [-0.4, -0.2) is 50.5 Å². The van der Waals surface area contributed by atoms with E-state index in [9.17, 15) is 9.59 Å². The largest absolute Gasteiger partial charge is 0.357 e. The van der Waals surface area contributed by atoms with E-state index in [1.165, 1.54) is 5.01 Å². The number of rotatable bonds is 2. The van der Waals surface area contributed by atoms with Crippen molar-refractivity contribution in [2.24, 2.45) is 5.10 Å². The number of nitrogens with one attached hydrogen (secondary N) is 1. The molecule has 2 aliphatic heterocycles. The van der Waals surface area contributed by atoms with Crippen LogP contribution in [0, 0.1) is 0 Å². The zero-order valence-electron chi connectivity index (χ0n) is 14.5. The van der Waals surface area contributed by atoms with Crippen LogP contribution in [-0.2, 0) is 22.6 Å². The maximum atomic E-state index is 13.0. The molecule has 7 heteroatoms. The molecule has 0 unspecified atom stereocenters. The van der Waals surface area contributed by atoms with E-state index in [1.54, 1.807) is 35.6 Å². The van der Waals surface area contributed by atoms with Gasteiger partial charge < -0.3 is 9.88 Å². The molecular weight excluding hydrogens is 342 g/mol. The lowest BCUT2D eigenvalue weighted by Crippen LogP contribution is -2.60. The first-order chi connectivity index (χ1) is 13.2. The molecule has 134 valence electrons. The number of amides is 2. The molecule has 1 aromatic carbocycles. The molecule has 7 nitrogen and oxygen atoms in total. The lowest BCUT2D eigenvalue weighted by Gasteiger charge is -2.40. The number of aromatic nitrogens is 2. The highest BCUT2D eigenvalue weighted by atomic mass is 16.2. The van der Waals surface area contributed by atoms with E-state index in [0.29, 0.717) is 13.0 Å². The summed E-state index contributed by atoms with van der Waals surface area (Å²) in [7, 11) is 0. The van der Waals surface area contributed by atoms with Crippen molar-refractivity contribution in [2.45, 2.75) is 19.0 Å². The van der Waals surface area contributed by atoms with Gasteiger partial charge in [-0.2, -0.15) is 5.10 Å². The van der Waals surface area contributed by atoms with Crippen LogP contribution in [0.2, 0.25) is 0 Å². The van der Waals surface area contributed by atoms with Crippen LogP contribution < -0.4 is 0 Å². The van der Waals surface area contributed by atoms with Crippen LogP contribution in [0.1, 0.15) is 16.8 Å². The van der Waals surface area contributed by atoms with Crippen LogP contribution in [0.25, 0.3) is 10.9 Å². The van der Waals surface area contributed by atoms with Gasteiger partial charge in [-0.25, -0.2) is 5.01 Å². The third-order valence-electron chi connectivity index (χ3n) is 5.20. The summed E-state index contributed by atoms with van der Waals surface area (Å²) in [6, 6.07) is 11.1. The number of nitrogens with zero attached hydrogens (tertiary/aromatic N) is 4. The third-order valence-corrected chi connectivity index (χ3v) is 5.20. The number of benzene rings is 1. The monoisotopic (exact) mass is 359 g/mol. The van der Waals surface area contributed by atoms with E-state index in [0.717, 1.165) is 27.7 Å². The second kappa shape index (κ2) is 6.05. The van der Waals surface area contributed by atoms with Gasteiger partial charge in [-0.05, 0) is 29.3 Å². The predicted octanol–water partition coefficient (Wildman–Crippen LogP) is 1.69. The molecule has 0 bridgehead atoms. The van der Waals surface area contributed by atoms with Crippen molar-refractivity contribution in [2.75, 3.05) is 6.54 Å². The number of carbonyl (C=O) groups excluding carboxylic acids is 2. The summed E-state index contributed by atoms with van der Waals surface area (Å²) in [5.74, 6) is -0.230. The van der Waals surface area contributed by atoms with Gasteiger partial charge in [0.05, 0.1) is 12.8 Å². The Labute approximate surface area is 155 Å². The first kappa shape index (κ1) is 15.7. The van der Waals surface area contributed by atoms with Gasteiger partial charge in [0.2, 0.25) is 5.91 Å². The van der Waals surface area contributed by atoms with E-state index in [4.69, 9.17) is 0 Å². The average molecular weight is 359 g/mol. The number of carbonyl (C=O) groups is 2. The summed E-state index contributed by atoms with van der Waals surface area (Å²) in [6.07, 6.45) is 5.41. The second-order valence-corrected chi connectivity index (χ2v) is 6.79. The van der Waals surface area contributed by atoms with Crippen LogP contribution in [0.5, 0.6) is 0 Å². The minimum Gasteiger partial charge on any atom is -0.357 e. The maximum absolute atomic E-state index is 13.0. The highest BCUT2D eigenvalue weighted by molar-refractivity contribution is 5.97. The van der Waals surface area contributed by atoms with Gasteiger partial charge >= 0.3 is 0 Å². The number of H-pyrrole nitrogens is 1. The number of pyridine rings is 1. The van der Waals surface area contributed by atoms with Gasteiger partial charge in [-0.1, -0.05) is 18.2 Å². The normalized spacial score (nSPS) is 19.6. The molecule has 0 saturated carbocycles. The van der Waals surface area contributed by atoms with Crippen LogP contribution >= 0.6 is 0 Å². The van der Waals surface area contributed by atoms with E-state index in [1.807, 2.05) is 18.2 Å². The molecule has 3 aromatic rings. The topological polar surface area (TPSA) is 81.7 Å². The van der Waals surface area contributed by atoms with E-state index in [-0.39, 0.29) is 18.4 Å². The fourth-order valence-electron chi connectivity index (χ4n) is 3.84. The van der Waals surface area contributed by atoms with Crippen molar-refractivity contribution in [3.8, 4) is 0 Å². The molecule has 1 fully saturated rings. The predicted molar refractivity (Wildman–Crippen MR) is 99.9 cm³/mol. The first-order valence-electron chi connectivity index (χ1n) is 8.84. The number of piperazine rings is 1. The molecule has 1 saturated heterocycles. The van der Waals surface area contributed by atoms with Gasteiger partial charge in [0, 0.05) is 35.4 Å². The molecule has 1 N–H and O–H groups in total. The van der Waals surface area contributed by atoms with Gasteiger partial charge in [-0.15, -0.1) is 0 Å². The maximum Gasteiger partial charge on any atom is 0.266 e. The Morgan fingerprint density at radius 1 is 1.11 bits per heavy atom. The zero-order chi connectivity index (χ0) is 18.4. The Kier molecular flexibility index (Phi) is 3.53. The summed E-state index contributed by atoms with van der Waals surface area (Å²) < 4.78 is 0. The summed E-state index contributed by atoms with van der Waals surface area (Å²) in [5, 5.41) is 6.65. The van der Waals surface area contributed by atoms with Crippen molar-refractivity contribution >= 4 is 28.9 Å². The molecule has 0 aliphatic carbocycles. The number of aromatic amines is 1. The van der Waals surface area contributed by atoms with Crippen LogP contribution in [0.4, 0.5) is 0 Å². The van der Waals surface area contributed by atoms with E-state index < -0.39 is 6.04 Å². The fourth-order valence-corrected chi connectivity index (χ4v) is 3.84. The Hall–Kier alpha value is -3.48. The van der Waals surface area contributed by atoms with Gasteiger partial charge in [0.25, 0.3) is 5.91 Å². The van der Waals surface area contributed by atoms with Crippen molar-refractivity contribution in [1.29, 1.82) is 0 Å². The Morgan fingerprint density at radius 2 is 1.93 bits per heavy atom. The fraction of sp³-hybridized carbons (Fsp3) is 0.200. The highest BCUT2D eigenvalue weighted by Gasteiger charge is 2.43. The van der Waals surface area contributed by atoms with Crippen LogP contribution in [0.3, 0.4) is 0 Å². The summed E-state index contributed by atoms with van der Waals surface area (Å²) in [5.41, 5.74) is 4.00. The van der Waals surface area contributed by atoms with Crippen LogP contribution in [0.15, 0.2) is 53.9 Å². The minimum absolute atomic E-state index is 0.0352. The number of para-hydroxylation sites is 1. The quantitative estimate of drug-likeness (QED) is 0.707. The van der Waals surface area contributed by atoms with Gasteiger partial charge in [0.1, 0.15) is 12.6 Å². The molecule has 0 radical (unpaired) electrons. The SMILES string of the molecule is O=C1[C@@H]2Cc3c([nH]c4ccccc34)CN2C(=O)CN1/N=C\c1ccncc1. The number of hydrogen-bond acceptors (Lipinski definition) is 4. The standard InChI is InChI=1S/C20H17N5O2/c26-19-12-25(22-10-13-5-7-21-8-6-13)20(27)18-9-15-14-3-1-2-4-16(14)23-17(15)11-24(18)19/h1-8,10,18,23H,9,11-12H2/b22-10-/t18-/m0/s1. The van der Waals surface area contributed by atoms with Crippen molar-refractivity contribution in [3.05, 3.63) is 65.6 Å². The average Bonchev–Trinajstić information content (AvgIpc) is 3.07. The van der Waals surface area contributed by atoms with Crippen molar-refractivity contribution in [1.82, 2.24) is 19.9 Å². The Balaban J connectivity index is 1.46. The zero-order valence-corrected chi connectivity index (χ0v) is 14.5. The summed E-state index contributed by atoms with van der Waals surface area (Å²) in [6.45, 7) is 0.396. The molecule has 27 heavy (non-hydrogen) atoms. The second-order valence-electron chi connectivity index (χ2n) is 6.79.